The molecule has 5 heteroatoms. The highest BCUT2D eigenvalue weighted by molar-refractivity contribution is 6.32. The molecule has 0 saturated carbocycles. The van der Waals surface area contributed by atoms with Gasteiger partial charge in [-0.05, 0) is 49.7 Å². The van der Waals surface area contributed by atoms with E-state index in [1.807, 2.05) is 24.3 Å². The van der Waals surface area contributed by atoms with Crippen LogP contribution in [-0.2, 0) is 4.79 Å². The van der Waals surface area contributed by atoms with E-state index in [4.69, 9.17) is 21.1 Å². The first-order valence-corrected chi connectivity index (χ1v) is 8.43. The second-order valence-electron chi connectivity index (χ2n) is 5.41. The molecule has 24 heavy (non-hydrogen) atoms. The molecule has 0 radical (unpaired) electrons. The molecular weight excluding hydrogens is 326 g/mol. The maximum Gasteiger partial charge on any atom is 0.265 e. The SMILES string of the molecule is CCCCOc1ccc(NC(=O)C(C)Oc2ccccc2Cl)cc1. The summed E-state index contributed by atoms with van der Waals surface area (Å²) < 4.78 is 11.2. The zero-order chi connectivity index (χ0) is 17.4. The molecule has 2 rings (SSSR count). The van der Waals surface area contributed by atoms with E-state index in [1.54, 1.807) is 31.2 Å². The quantitative estimate of drug-likeness (QED) is 0.689. The Balaban J connectivity index is 1.88. The number of hydrogen-bond acceptors (Lipinski definition) is 3. The summed E-state index contributed by atoms with van der Waals surface area (Å²) in [5.74, 6) is 1.04. The number of benzene rings is 2. The van der Waals surface area contributed by atoms with Gasteiger partial charge in [-0.2, -0.15) is 0 Å². The molecule has 1 atom stereocenters. The number of unbranched alkanes of at least 4 members (excludes halogenated alkanes) is 1. The second-order valence-corrected chi connectivity index (χ2v) is 5.81. The summed E-state index contributed by atoms with van der Waals surface area (Å²) >= 11 is 6.03. The zero-order valence-electron chi connectivity index (χ0n) is 13.9. The Kier molecular flexibility index (Phi) is 6.94. The lowest BCUT2D eigenvalue weighted by molar-refractivity contribution is -0.122. The van der Waals surface area contributed by atoms with Crippen LogP contribution in [-0.4, -0.2) is 18.6 Å². The van der Waals surface area contributed by atoms with Gasteiger partial charge in [0.2, 0.25) is 0 Å². The summed E-state index contributed by atoms with van der Waals surface area (Å²) in [4.78, 5) is 12.2. The number of carbonyl (C=O) groups excluding carboxylic acids is 1. The van der Waals surface area contributed by atoms with E-state index >= 15 is 0 Å². The maximum absolute atomic E-state index is 12.2. The number of anilines is 1. The van der Waals surface area contributed by atoms with Crippen LogP contribution in [0.1, 0.15) is 26.7 Å². The largest absolute Gasteiger partial charge is 0.494 e. The molecule has 0 spiro atoms. The Morgan fingerprint density at radius 3 is 2.54 bits per heavy atom. The number of para-hydroxylation sites is 1. The van der Waals surface area contributed by atoms with Gasteiger partial charge in [0.05, 0.1) is 11.6 Å². The molecule has 0 aromatic heterocycles. The topological polar surface area (TPSA) is 47.6 Å². The fraction of sp³-hybridized carbons (Fsp3) is 0.316. The van der Waals surface area contributed by atoms with Crippen LogP contribution in [0.15, 0.2) is 48.5 Å². The van der Waals surface area contributed by atoms with Crippen LogP contribution >= 0.6 is 11.6 Å². The average molecular weight is 348 g/mol. The molecule has 1 unspecified atom stereocenters. The highest BCUT2D eigenvalue weighted by Crippen LogP contribution is 2.24. The van der Waals surface area contributed by atoms with E-state index in [1.165, 1.54) is 0 Å². The molecule has 0 fully saturated rings. The minimum absolute atomic E-state index is 0.241. The third kappa shape index (κ3) is 5.46. The molecule has 128 valence electrons. The maximum atomic E-state index is 12.2. The van der Waals surface area contributed by atoms with Gasteiger partial charge in [-0.15, -0.1) is 0 Å². The molecular formula is C19H22ClNO3. The number of rotatable bonds is 8. The Bertz CT molecular complexity index is 658. The molecule has 4 nitrogen and oxygen atoms in total. The Morgan fingerprint density at radius 1 is 1.17 bits per heavy atom. The fourth-order valence-electron chi connectivity index (χ4n) is 2.00. The molecule has 1 amide bonds. The van der Waals surface area contributed by atoms with Crippen LogP contribution in [0.2, 0.25) is 5.02 Å². The second kappa shape index (κ2) is 9.18. The molecule has 2 aromatic rings. The van der Waals surface area contributed by atoms with Gasteiger partial charge in [-0.3, -0.25) is 4.79 Å². The van der Waals surface area contributed by atoms with Gasteiger partial charge < -0.3 is 14.8 Å². The van der Waals surface area contributed by atoms with E-state index in [9.17, 15) is 4.79 Å². The summed E-state index contributed by atoms with van der Waals surface area (Å²) in [5, 5.41) is 3.29. The van der Waals surface area contributed by atoms with Gasteiger partial charge >= 0.3 is 0 Å². The van der Waals surface area contributed by atoms with Crippen molar-refractivity contribution in [1.82, 2.24) is 0 Å². The predicted octanol–water partition coefficient (Wildman–Crippen LogP) is 4.92. The van der Waals surface area contributed by atoms with Crippen LogP contribution in [0.25, 0.3) is 0 Å². The molecule has 0 heterocycles. The molecule has 0 bridgehead atoms. The van der Waals surface area contributed by atoms with Gasteiger partial charge in [0.25, 0.3) is 5.91 Å². The van der Waals surface area contributed by atoms with Crippen molar-refractivity contribution in [3.05, 3.63) is 53.6 Å². The fourth-order valence-corrected chi connectivity index (χ4v) is 2.18. The minimum atomic E-state index is -0.662. The molecule has 0 aliphatic rings. The summed E-state index contributed by atoms with van der Waals surface area (Å²) in [6.45, 7) is 4.50. The lowest BCUT2D eigenvalue weighted by Crippen LogP contribution is -2.30. The number of hydrogen-bond donors (Lipinski definition) is 1. The van der Waals surface area contributed by atoms with Gasteiger partial charge in [0.1, 0.15) is 11.5 Å². The Labute approximate surface area is 147 Å². The first-order chi connectivity index (χ1) is 11.6. The summed E-state index contributed by atoms with van der Waals surface area (Å²) in [6.07, 6.45) is 1.46. The standard InChI is InChI=1S/C19H22ClNO3/c1-3-4-13-23-16-11-9-15(10-12-16)21-19(22)14(2)24-18-8-6-5-7-17(18)20/h5-12,14H,3-4,13H2,1-2H3,(H,21,22). The Morgan fingerprint density at radius 2 is 1.88 bits per heavy atom. The van der Waals surface area contributed by atoms with Gasteiger partial charge in [0, 0.05) is 5.69 Å². The lowest BCUT2D eigenvalue weighted by atomic mass is 10.2. The number of carbonyl (C=O) groups is 1. The van der Waals surface area contributed by atoms with Crippen LogP contribution in [0.5, 0.6) is 11.5 Å². The van der Waals surface area contributed by atoms with Crippen molar-refractivity contribution >= 4 is 23.2 Å². The predicted molar refractivity (Wildman–Crippen MR) is 97.0 cm³/mol. The molecule has 0 saturated heterocycles. The molecule has 0 aliphatic heterocycles. The van der Waals surface area contributed by atoms with E-state index in [0.29, 0.717) is 23.1 Å². The van der Waals surface area contributed by atoms with Crippen LogP contribution in [0.3, 0.4) is 0 Å². The van der Waals surface area contributed by atoms with E-state index < -0.39 is 6.10 Å². The van der Waals surface area contributed by atoms with Crippen molar-refractivity contribution in [1.29, 1.82) is 0 Å². The first-order valence-electron chi connectivity index (χ1n) is 8.05. The van der Waals surface area contributed by atoms with Crippen LogP contribution in [0.4, 0.5) is 5.69 Å². The molecule has 2 aromatic carbocycles. The zero-order valence-corrected chi connectivity index (χ0v) is 14.7. The third-order valence-corrected chi connectivity index (χ3v) is 3.71. The number of amides is 1. The number of nitrogens with one attached hydrogen (secondary N) is 1. The van der Waals surface area contributed by atoms with Crippen molar-refractivity contribution in [2.75, 3.05) is 11.9 Å². The van der Waals surface area contributed by atoms with E-state index in [-0.39, 0.29) is 5.91 Å². The Hall–Kier alpha value is -2.20. The number of ether oxygens (including phenoxy) is 2. The van der Waals surface area contributed by atoms with Crippen LogP contribution in [0, 0.1) is 0 Å². The van der Waals surface area contributed by atoms with Crippen molar-refractivity contribution in [3.8, 4) is 11.5 Å². The number of halogens is 1. The molecule has 0 aliphatic carbocycles. The van der Waals surface area contributed by atoms with E-state index in [0.717, 1.165) is 18.6 Å². The molecule has 1 N–H and O–H groups in total. The van der Waals surface area contributed by atoms with Gasteiger partial charge in [-0.25, -0.2) is 0 Å². The average Bonchev–Trinajstić information content (AvgIpc) is 2.58. The van der Waals surface area contributed by atoms with Crippen molar-refractivity contribution in [3.63, 3.8) is 0 Å². The van der Waals surface area contributed by atoms with Crippen molar-refractivity contribution in [2.45, 2.75) is 32.8 Å². The highest BCUT2D eigenvalue weighted by Gasteiger charge is 2.16. The summed E-state index contributed by atoms with van der Waals surface area (Å²) in [5.41, 5.74) is 0.692. The third-order valence-electron chi connectivity index (χ3n) is 3.40. The van der Waals surface area contributed by atoms with Crippen LogP contribution < -0.4 is 14.8 Å². The first kappa shape index (κ1) is 18.1. The summed E-state index contributed by atoms with van der Waals surface area (Å²) in [7, 11) is 0. The van der Waals surface area contributed by atoms with E-state index in [2.05, 4.69) is 12.2 Å². The van der Waals surface area contributed by atoms with Gasteiger partial charge in [0.15, 0.2) is 6.10 Å². The monoisotopic (exact) mass is 347 g/mol. The smallest absolute Gasteiger partial charge is 0.265 e. The minimum Gasteiger partial charge on any atom is -0.494 e. The van der Waals surface area contributed by atoms with Crippen molar-refractivity contribution in [2.24, 2.45) is 0 Å². The van der Waals surface area contributed by atoms with Crippen molar-refractivity contribution < 1.29 is 14.3 Å². The lowest BCUT2D eigenvalue weighted by Gasteiger charge is -2.15. The normalized spacial score (nSPS) is 11.6. The summed E-state index contributed by atoms with van der Waals surface area (Å²) in [6, 6.07) is 14.4. The van der Waals surface area contributed by atoms with Gasteiger partial charge in [-0.1, -0.05) is 37.1 Å². The highest BCUT2D eigenvalue weighted by atomic mass is 35.5.